The number of pyridine rings is 1. The van der Waals surface area contributed by atoms with E-state index in [2.05, 4.69) is 15.3 Å². The maximum absolute atomic E-state index is 12.3. The quantitative estimate of drug-likeness (QED) is 0.643. The maximum atomic E-state index is 12.3. The average Bonchev–Trinajstić information content (AvgIpc) is 3.16. The highest BCUT2D eigenvalue weighted by Crippen LogP contribution is 2.28. The molecule has 1 aromatic carbocycles. The molecule has 0 aliphatic heterocycles. The molecule has 3 aromatic rings. The topological polar surface area (TPSA) is 84.4 Å². The van der Waals surface area contributed by atoms with Crippen LogP contribution in [0.4, 0.5) is 9.93 Å². The SMILES string of the molecule is CN(CC(=O)Nc1nc(-c2cccc(-c3ccncc3)c2)cs1)C(=O)OC(C)(C)C. The van der Waals surface area contributed by atoms with E-state index in [4.69, 9.17) is 4.74 Å². The highest BCUT2D eigenvalue weighted by molar-refractivity contribution is 7.14. The van der Waals surface area contributed by atoms with Crippen LogP contribution >= 0.6 is 11.3 Å². The van der Waals surface area contributed by atoms with Crippen LogP contribution in [0.3, 0.4) is 0 Å². The minimum absolute atomic E-state index is 0.124. The van der Waals surface area contributed by atoms with E-state index in [1.54, 1.807) is 33.2 Å². The largest absolute Gasteiger partial charge is 0.444 e. The second kappa shape index (κ2) is 9.04. The number of benzene rings is 1. The molecule has 1 N–H and O–H groups in total. The van der Waals surface area contributed by atoms with Crippen molar-refractivity contribution in [2.75, 3.05) is 18.9 Å². The Bertz CT molecular complexity index is 1030. The van der Waals surface area contributed by atoms with Crippen molar-refractivity contribution in [2.24, 2.45) is 0 Å². The maximum Gasteiger partial charge on any atom is 0.410 e. The minimum Gasteiger partial charge on any atom is -0.444 e. The van der Waals surface area contributed by atoms with Crippen LogP contribution in [0.5, 0.6) is 0 Å². The van der Waals surface area contributed by atoms with Crippen LogP contribution in [0, 0.1) is 0 Å². The Morgan fingerprint density at radius 1 is 1.10 bits per heavy atom. The minimum atomic E-state index is -0.614. The number of anilines is 1. The fourth-order valence-corrected chi connectivity index (χ4v) is 3.38. The second-order valence-corrected chi connectivity index (χ2v) is 8.60. The molecule has 2 heterocycles. The third kappa shape index (κ3) is 5.87. The van der Waals surface area contributed by atoms with Crippen molar-refractivity contribution < 1.29 is 14.3 Å². The van der Waals surface area contributed by atoms with E-state index in [1.165, 1.54) is 23.3 Å². The van der Waals surface area contributed by atoms with E-state index in [0.717, 1.165) is 22.4 Å². The second-order valence-electron chi connectivity index (χ2n) is 7.74. The van der Waals surface area contributed by atoms with Crippen LogP contribution in [0.1, 0.15) is 20.8 Å². The van der Waals surface area contributed by atoms with Gasteiger partial charge in [-0.3, -0.25) is 9.78 Å². The molecule has 156 valence electrons. The monoisotopic (exact) mass is 424 g/mol. The van der Waals surface area contributed by atoms with Gasteiger partial charge >= 0.3 is 6.09 Å². The van der Waals surface area contributed by atoms with Gasteiger partial charge < -0.3 is 15.0 Å². The summed E-state index contributed by atoms with van der Waals surface area (Å²) >= 11 is 1.33. The molecule has 0 bridgehead atoms. The first kappa shape index (κ1) is 21.4. The average molecular weight is 425 g/mol. The van der Waals surface area contributed by atoms with Gasteiger partial charge in [-0.15, -0.1) is 11.3 Å². The van der Waals surface area contributed by atoms with Crippen molar-refractivity contribution in [1.29, 1.82) is 0 Å². The standard InChI is InChI=1S/C22H24N4O3S/c1-22(2,3)29-21(28)26(4)13-19(27)25-20-24-18(14-30-20)17-7-5-6-16(12-17)15-8-10-23-11-9-15/h5-12,14H,13H2,1-4H3,(H,24,25,27). The van der Waals surface area contributed by atoms with Gasteiger partial charge in [0.05, 0.1) is 5.69 Å². The van der Waals surface area contributed by atoms with Gasteiger partial charge in [-0.2, -0.15) is 0 Å². The van der Waals surface area contributed by atoms with E-state index in [9.17, 15) is 9.59 Å². The van der Waals surface area contributed by atoms with Crippen LogP contribution in [-0.2, 0) is 9.53 Å². The lowest BCUT2D eigenvalue weighted by Gasteiger charge is -2.24. The third-order valence-corrected chi connectivity index (χ3v) is 4.77. The predicted octanol–water partition coefficient (Wildman–Crippen LogP) is 4.68. The van der Waals surface area contributed by atoms with Crippen LogP contribution in [0.15, 0.2) is 54.2 Å². The number of nitrogens with zero attached hydrogens (tertiary/aromatic N) is 3. The number of hydrogen-bond acceptors (Lipinski definition) is 6. The van der Waals surface area contributed by atoms with Gasteiger partial charge in [-0.05, 0) is 50.1 Å². The van der Waals surface area contributed by atoms with Crippen molar-refractivity contribution >= 4 is 28.5 Å². The summed E-state index contributed by atoms with van der Waals surface area (Å²) in [5, 5.41) is 5.10. The van der Waals surface area contributed by atoms with Crippen molar-refractivity contribution in [2.45, 2.75) is 26.4 Å². The Balaban J connectivity index is 1.64. The Morgan fingerprint density at radius 2 is 1.80 bits per heavy atom. The van der Waals surface area contributed by atoms with Gasteiger partial charge in [0.25, 0.3) is 0 Å². The van der Waals surface area contributed by atoms with Crippen LogP contribution in [-0.4, -0.2) is 46.1 Å². The number of carbonyl (C=O) groups excluding carboxylic acids is 2. The van der Waals surface area contributed by atoms with Crippen LogP contribution in [0.2, 0.25) is 0 Å². The molecular weight excluding hydrogens is 400 g/mol. The number of aromatic nitrogens is 2. The zero-order valence-corrected chi connectivity index (χ0v) is 18.2. The highest BCUT2D eigenvalue weighted by atomic mass is 32.1. The first-order valence-electron chi connectivity index (χ1n) is 9.41. The van der Waals surface area contributed by atoms with E-state index in [0.29, 0.717) is 5.13 Å². The molecular formula is C22H24N4O3S. The summed E-state index contributed by atoms with van der Waals surface area (Å²) in [5.74, 6) is -0.338. The molecule has 0 spiro atoms. The Hall–Kier alpha value is -3.26. The summed E-state index contributed by atoms with van der Waals surface area (Å²) < 4.78 is 5.25. The van der Waals surface area contributed by atoms with Gasteiger partial charge in [-0.25, -0.2) is 9.78 Å². The predicted molar refractivity (Wildman–Crippen MR) is 118 cm³/mol. The molecule has 0 aliphatic rings. The molecule has 0 saturated carbocycles. The summed E-state index contributed by atoms with van der Waals surface area (Å²) in [5.41, 5.74) is 3.24. The molecule has 0 fully saturated rings. The molecule has 0 unspecified atom stereocenters. The number of rotatable bonds is 5. The van der Waals surface area contributed by atoms with Gasteiger partial charge in [0, 0.05) is 30.4 Å². The van der Waals surface area contributed by atoms with Crippen molar-refractivity contribution in [3.8, 4) is 22.4 Å². The molecule has 0 radical (unpaired) electrons. The van der Waals surface area contributed by atoms with Crippen LogP contribution in [0.25, 0.3) is 22.4 Å². The Morgan fingerprint density at radius 3 is 2.50 bits per heavy atom. The van der Waals surface area contributed by atoms with E-state index < -0.39 is 11.7 Å². The molecule has 0 atom stereocenters. The number of nitrogens with one attached hydrogen (secondary N) is 1. The van der Waals surface area contributed by atoms with E-state index >= 15 is 0 Å². The van der Waals surface area contributed by atoms with Gasteiger partial charge in [0.15, 0.2) is 5.13 Å². The molecule has 2 aromatic heterocycles. The first-order chi connectivity index (χ1) is 14.2. The summed E-state index contributed by atoms with van der Waals surface area (Å²) in [7, 11) is 1.52. The number of carbonyl (C=O) groups is 2. The number of hydrogen-bond donors (Lipinski definition) is 1. The van der Waals surface area contributed by atoms with E-state index in [1.807, 2.05) is 41.8 Å². The van der Waals surface area contributed by atoms with Gasteiger partial charge in [-0.1, -0.05) is 18.2 Å². The zero-order chi connectivity index (χ0) is 21.7. The Labute approximate surface area is 179 Å². The summed E-state index contributed by atoms with van der Waals surface area (Å²) in [4.78, 5) is 34.1. The van der Waals surface area contributed by atoms with Crippen molar-refractivity contribution in [3.63, 3.8) is 0 Å². The number of ether oxygens (including phenoxy) is 1. The normalized spacial score (nSPS) is 11.1. The number of likely N-dealkylation sites (N-methyl/N-ethyl adjacent to an activating group) is 1. The summed E-state index contributed by atoms with van der Waals surface area (Å²) in [6.07, 6.45) is 2.96. The molecule has 2 amide bonds. The molecule has 30 heavy (non-hydrogen) atoms. The van der Waals surface area contributed by atoms with Crippen LogP contribution < -0.4 is 5.32 Å². The fourth-order valence-electron chi connectivity index (χ4n) is 2.64. The molecule has 3 rings (SSSR count). The molecule has 8 heteroatoms. The number of amides is 2. The van der Waals surface area contributed by atoms with Gasteiger partial charge in [0.2, 0.25) is 5.91 Å². The lowest BCUT2D eigenvalue weighted by molar-refractivity contribution is -0.117. The first-order valence-corrected chi connectivity index (χ1v) is 10.3. The fraction of sp³-hybridized carbons (Fsp3) is 0.273. The summed E-state index contributed by atoms with van der Waals surface area (Å²) in [6.45, 7) is 5.21. The lowest BCUT2D eigenvalue weighted by Crippen LogP contribution is -2.38. The van der Waals surface area contributed by atoms with Crippen molar-refractivity contribution in [1.82, 2.24) is 14.9 Å². The zero-order valence-electron chi connectivity index (χ0n) is 17.4. The third-order valence-electron chi connectivity index (χ3n) is 4.01. The smallest absolute Gasteiger partial charge is 0.410 e. The lowest BCUT2D eigenvalue weighted by atomic mass is 10.0. The number of thiazole rings is 1. The van der Waals surface area contributed by atoms with Crippen molar-refractivity contribution in [3.05, 3.63) is 54.2 Å². The van der Waals surface area contributed by atoms with Gasteiger partial charge in [0.1, 0.15) is 12.1 Å². The highest BCUT2D eigenvalue weighted by Gasteiger charge is 2.21. The molecule has 0 aliphatic carbocycles. The Kier molecular flexibility index (Phi) is 6.47. The van der Waals surface area contributed by atoms with E-state index in [-0.39, 0.29) is 12.5 Å². The molecule has 7 nitrogen and oxygen atoms in total. The summed E-state index contributed by atoms with van der Waals surface area (Å²) in [6, 6.07) is 11.9. The molecule has 0 saturated heterocycles.